The molecule has 0 radical (unpaired) electrons. The average molecular weight is 546 g/mol. The first kappa shape index (κ1) is 25.9. The van der Waals surface area contributed by atoms with Gasteiger partial charge in [-0.05, 0) is 53.6 Å². The molecule has 11 heteroatoms. The zero-order chi connectivity index (χ0) is 26.2. The molecular formula is C26H31N3O6S2. The Hall–Kier alpha value is -2.73. The molecule has 1 fully saturated rings. The van der Waals surface area contributed by atoms with Gasteiger partial charge in [-0.15, -0.1) is 0 Å². The monoisotopic (exact) mass is 545 g/mol. The van der Waals surface area contributed by atoms with Gasteiger partial charge in [-0.1, -0.05) is 18.2 Å². The molecule has 2 aromatic carbocycles. The third-order valence-corrected chi connectivity index (χ3v) is 9.46. The Morgan fingerprint density at radius 1 is 1.00 bits per heavy atom. The van der Waals surface area contributed by atoms with Crippen LogP contribution in [-0.4, -0.2) is 63.2 Å². The molecule has 0 unspecified atom stereocenters. The van der Waals surface area contributed by atoms with Crippen LogP contribution in [0.5, 0.6) is 5.75 Å². The maximum Gasteiger partial charge on any atom is 0.211 e. The van der Waals surface area contributed by atoms with E-state index in [4.69, 9.17) is 9.15 Å². The first-order chi connectivity index (χ1) is 17.6. The molecule has 2 aliphatic heterocycles. The Morgan fingerprint density at radius 3 is 2.43 bits per heavy atom. The third kappa shape index (κ3) is 6.06. The Morgan fingerprint density at radius 2 is 1.76 bits per heavy atom. The Bertz CT molecular complexity index is 1480. The third-order valence-electron chi connectivity index (χ3n) is 7.04. The minimum atomic E-state index is -3.50. The van der Waals surface area contributed by atoms with Crippen LogP contribution in [0.1, 0.15) is 29.5 Å². The van der Waals surface area contributed by atoms with E-state index in [1.165, 1.54) is 34.3 Å². The van der Waals surface area contributed by atoms with Gasteiger partial charge in [-0.25, -0.2) is 26.1 Å². The highest BCUT2D eigenvalue weighted by Crippen LogP contribution is 2.31. The van der Waals surface area contributed by atoms with Gasteiger partial charge in [0.1, 0.15) is 10.6 Å². The van der Waals surface area contributed by atoms with Gasteiger partial charge in [-0.3, -0.25) is 4.90 Å². The molecule has 1 saturated heterocycles. The van der Waals surface area contributed by atoms with Gasteiger partial charge in [0.05, 0.1) is 19.1 Å². The van der Waals surface area contributed by atoms with Crippen molar-refractivity contribution >= 4 is 19.9 Å². The number of piperidine rings is 1. The van der Waals surface area contributed by atoms with Crippen molar-refractivity contribution in [2.75, 3.05) is 32.2 Å². The van der Waals surface area contributed by atoms with Gasteiger partial charge < -0.3 is 9.15 Å². The molecule has 0 saturated carbocycles. The molecule has 9 nitrogen and oxygen atoms in total. The zero-order valence-electron chi connectivity index (χ0n) is 21.0. The normalized spacial score (nSPS) is 17.7. The number of benzene rings is 2. The van der Waals surface area contributed by atoms with E-state index in [0.717, 1.165) is 30.0 Å². The number of aromatic nitrogens is 1. The van der Waals surface area contributed by atoms with Crippen LogP contribution < -0.4 is 4.74 Å². The molecule has 37 heavy (non-hydrogen) atoms. The number of hydrogen-bond acceptors (Lipinski definition) is 8. The summed E-state index contributed by atoms with van der Waals surface area (Å²) in [4.78, 5) is 6.44. The Labute approximate surface area is 218 Å². The van der Waals surface area contributed by atoms with Crippen LogP contribution in [0.25, 0.3) is 11.3 Å². The van der Waals surface area contributed by atoms with Crippen LogP contribution in [-0.2, 0) is 39.5 Å². The summed E-state index contributed by atoms with van der Waals surface area (Å²) >= 11 is 0. The molecule has 1 aromatic heterocycles. The van der Waals surface area contributed by atoms with E-state index in [1.54, 1.807) is 18.3 Å². The van der Waals surface area contributed by atoms with Gasteiger partial charge in [0.25, 0.3) is 0 Å². The van der Waals surface area contributed by atoms with Gasteiger partial charge in [0.15, 0.2) is 22.0 Å². The molecule has 0 atom stereocenters. The summed E-state index contributed by atoms with van der Waals surface area (Å²) < 4.78 is 61.5. The van der Waals surface area contributed by atoms with Gasteiger partial charge in [-0.2, -0.15) is 0 Å². The van der Waals surface area contributed by atoms with Crippen LogP contribution >= 0.6 is 0 Å². The summed E-state index contributed by atoms with van der Waals surface area (Å²) in [6.45, 7) is 3.43. The maximum absolute atomic E-state index is 12.6. The van der Waals surface area contributed by atoms with Crippen LogP contribution in [0.2, 0.25) is 0 Å². The molecule has 0 amide bonds. The van der Waals surface area contributed by atoms with Crippen molar-refractivity contribution in [1.29, 1.82) is 0 Å². The highest BCUT2D eigenvalue weighted by atomic mass is 32.2. The maximum atomic E-state index is 12.6. The number of sulfone groups is 1. The van der Waals surface area contributed by atoms with Gasteiger partial charge >= 0.3 is 0 Å². The lowest BCUT2D eigenvalue weighted by atomic mass is 9.99. The number of fused-ring (bicyclic) bond motifs is 1. The number of oxazole rings is 1. The van der Waals surface area contributed by atoms with Crippen LogP contribution in [0.15, 0.2) is 58.3 Å². The summed E-state index contributed by atoms with van der Waals surface area (Å²) in [5.41, 5.74) is 4.35. The fourth-order valence-corrected chi connectivity index (χ4v) is 6.75. The minimum absolute atomic E-state index is 0.176. The Balaban J connectivity index is 1.24. The van der Waals surface area contributed by atoms with Crippen LogP contribution in [0, 0.1) is 5.92 Å². The van der Waals surface area contributed by atoms with E-state index in [9.17, 15) is 16.8 Å². The van der Waals surface area contributed by atoms with Crippen LogP contribution in [0.4, 0.5) is 0 Å². The molecule has 3 heterocycles. The van der Waals surface area contributed by atoms with Crippen molar-refractivity contribution in [1.82, 2.24) is 14.2 Å². The summed E-state index contributed by atoms with van der Waals surface area (Å²) in [7, 11) is -6.69. The molecule has 198 valence electrons. The van der Waals surface area contributed by atoms with E-state index < -0.39 is 19.9 Å². The lowest BCUT2D eigenvalue weighted by Gasteiger charge is -2.30. The lowest BCUT2D eigenvalue weighted by Crippen LogP contribution is -2.39. The van der Waals surface area contributed by atoms with Crippen molar-refractivity contribution in [2.45, 2.75) is 37.4 Å². The first-order valence-electron chi connectivity index (χ1n) is 12.2. The van der Waals surface area contributed by atoms with E-state index >= 15 is 0 Å². The summed E-state index contributed by atoms with van der Waals surface area (Å²) in [6, 6.07) is 11.6. The van der Waals surface area contributed by atoms with Crippen molar-refractivity contribution in [3.8, 4) is 17.1 Å². The van der Waals surface area contributed by atoms with Crippen molar-refractivity contribution < 1.29 is 26.0 Å². The standard InChI is InChI=1S/C26H31N3O6S2/c1-36(30,31)26-11-20(3-6-24(26)34-17-19-7-9-29(10-8-19)37(2,32)33)14-28-15-22-5-4-21(12-23(22)16-28)25-13-27-18-35-25/h3-6,11-13,18-19H,7-10,14-17H2,1-2H3. The summed E-state index contributed by atoms with van der Waals surface area (Å²) in [6.07, 6.45) is 6.91. The van der Waals surface area contributed by atoms with E-state index in [0.29, 0.717) is 44.8 Å². The minimum Gasteiger partial charge on any atom is -0.492 e. The molecule has 2 aliphatic rings. The van der Waals surface area contributed by atoms with Crippen molar-refractivity contribution in [2.24, 2.45) is 5.92 Å². The van der Waals surface area contributed by atoms with Gasteiger partial charge in [0, 0.05) is 44.5 Å². The fraction of sp³-hybridized carbons (Fsp3) is 0.423. The summed E-state index contributed by atoms with van der Waals surface area (Å²) in [5.74, 6) is 1.25. The predicted octanol–water partition coefficient (Wildman–Crippen LogP) is 3.31. The molecule has 3 aromatic rings. The largest absolute Gasteiger partial charge is 0.492 e. The number of ether oxygens (including phenoxy) is 1. The second-order valence-electron chi connectivity index (χ2n) is 9.96. The molecule has 0 N–H and O–H groups in total. The lowest BCUT2D eigenvalue weighted by molar-refractivity contribution is 0.183. The quantitative estimate of drug-likeness (QED) is 0.424. The predicted molar refractivity (Wildman–Crippen MR) is 139 cm³/mol. The highest BCUT2D eigenvalue weighted by Gasteiger charge is 2.26. The van der Waals surface area contributed by atoms with E-state index in [1.807, 2.05) is 12.1 Å². The Kier molecular flexibility index (Phi) is 7.14. The SMILES string of the molecule is CS(=O)(=O)c1cc(CN2Cc3ccc(-c4cnco4)cc3C2)ccc1OCC1CCN(S(C)(=O)=O)CC1. The smallest absolute Gasteiger partial charge is 0.211 e. The topological polar surface area (TPSA) is 110 Å². The van der Waals surface area contributed by atoms with Crippen molar-refractivity contribution in [3.63, 3.8) is 0 Å². The second kappa shape index (κ2) is 10.2. The average Bonchev–Trinajstić information content (AvgIpc) is 3.51. The molecule has 5 rings (SSSR count). The number of nitrogens with zero attached hydrogens (tertiary/aromatic N) is 3. The fourth-order valence-electron chi connectivity index (χ4n) is 5.02. The molecule has 0 bridgehead atoms. The van der Waals surface area contributed by atoms with Crippen LogP contribution in [0.3, 0.4) is 0 Å². The molecule has 0 aliphatic carbocycles. The number of sulfonamides is 1. The van der Waals surface area contributed by atoms with Crippen molar-refractivity contribution in [3.05, 3.63) is 65.7 Å². The van der Waals surface area contributed by atoms with E-state index in [2.05, 4.69) is 22.0 Å². The first-order valence-corrected chi connectivity index (χ1v) is 15.9. The second-order valence-corrected chi connectivity index (χ2v) is 13.9. The zero-order valence-corrected chi connectivity index (χ0v) is 22.6. The highest BCUT2D eigenvalue weighted by molar-refractivity contribution is 7.90. The summed E-state index contributed by atoms with van der Waals surface area (Å²) in [5, 5.41) is 0. The number of rotatable bonds is 8. The number of hydrogen-bond donors (Lipinski definition) is 0. The molecular weight excluding hydrogens is 514 g/mol. The molecule has 0 spiro atoms. The van der Waals surface area contributed by atoms with E-state index in [-0.39, 0.29) is 10.8 Å². The van der Waals surface area contributed by atoms with Gasteiger partial charge in [0.2, 0.25) is 10.0 Å².